The van der Waals surface area contributed by atoms with Crippen molar-refractivity contribution in [3.05, 3.63) is 65.2 Å². The van der Waals surface area contributed by atoms with Gasteiger partial charge in [-0.2, -0.15) is 0 Å². The zero-order valence-electron chi connectivity index (χ0n) is 14.6. The molecule has 2 aliphatic rings. The molecule has 4 rings (SSSR count). The van der Waals surface area contributed by atoms with Crippen molar-refractivity contribution >= 4 is 5.97 Å². The van der Waals surface area contributed by atoms with Gasteiger partial charge in [-0.15, -0.1) is 0 Å². The normalized spacial score (nSPS) is 18.3. The predicted molar refractivity (Wildman–Crippen MR) is 95.4 cm³/mol. The molecule has 0 aromatic heterocycles. The quantitative estimate of drug-likeness (QED) is 0.762. The number of aryl methyl sites for hydroxylation is 1. The Bertz CT molecular complexity index is 838. The maximum absolute atomic E-state index is 12.0. The second kappa shape index (κ2) is 7.12. The zero-order valence-corrected chi connectivity index (χ0v) is 14.6. The molecule has 0 saturated heterocycles. The highest BCUT2D eigenvalue weighted by Crippen LogP contribution is 2.35. The molecule has 0 aliphatic carbocycles. The highest BCUT2D eigenvalue weighted by atomic mass is 16.7. The molecule has 0 saturated carbocycles. The molecule has 0 radical (unpaired) electrons. The van der Waals surface area contributed by atoms with Gasteiger partial charge in [-0.05, 0) is 48.2 Å². The average molecular weight is 352 g/mol. The van der Waals surface area contributed by atoms with Crippen LogP contribution in [0.5, 0.6) is 17.2 Å². The average Bonchev–Trinajstić information content (AvgIpc) is 3.14. The summed E-state index contributed by atoms with van der Waals surface area (Å²) in [4.78, 5) is 12.0. The number of hydrogen-bond acceptors (Lipinski definition) is 5. The molecular formula is C21H20O5. The van der Waals surface area contributed by atoms with Crippen LogP contribution in [-0.4, -0.2) is 19.9 Å². The molecule has 0 amide bonds. The lowest BCUT2D eigenvalue weighted by Gasteiger charge is -2.23. The Morgan fingerprint density at radius 2 is 1.85 bits per heavy atom. The highest BCUT2D eigenvalue weighted by Gasteiger charge is 2.23. The summed E-state index contributed by atoms with van der Waals surface area (Å²) in [5.41, 5.74) is 3.24. The smallest absolute Gasteiger partial charge is 0.331 e. The second-order valence-electron chi connectivity index (χ2n) is 6.39. The first kappa shape index (κ1) is 16.5. The Kier molecular flexibility index (Phi) is 4.52. The van der Waals surface area contributed by atoms with Crippen molar-refractivity contribution in [2.24, 2.45) is 0 Å². The van der Waals surface area contributed by atoms with Crippen LogP contribution in [-0.2, 0) is 16.0 Å². The minimum atomic E-state index is -0.280. The van der Waals surface area contributed by atoms with Gasteiger partial charge in [0.05, 0.1) is 7.11 Å². The molecule has 0 fully saturated rings. The van der Waals surface area contributed by atoms with Crippen LogP contribution in [0.1, 0.15) is 30.1 Å². The number of carbonyl (C=O) groups excluding carboxylic acids is 1. The second-order valence-corrected chi connectivity index (χ2v) is 6.39. The van der Waals surface area contributed by atoms with Crippen LogP contribution < -0.4 is 14.2 Å². The topological polar surface area (TPSA) is 54.0 Å². The third-order valence-electron chi connectivity index (χ3n) is 4.69. The lowest BCUT2D eigenvalue weighted by molar-refractivity contribution is -0.144. The van der Waals surface area contributed by atoms with Crippen molar-refractivity contribution in [3.63, 3.8) is 0 Å². The van der Waals surface area contributed by atoms with Crippen LogP contribution >= 0.6 is 0 Å². The van der Waals surface area contributed by atoms with Crippen LogP contribution in [0.4, 0.5) is 0 Å². The maximum Gasteiger partial charge on any atom is 0.331 e. The number of ether oxygens (including phenoxy) is 4. The number of esters is 1. The Balaban J connectivity index is 1.42. The summed E-state index contributed by atoms with van der Waals surface area (Å²) in [6.45, 7) is 0.277. The van der Waals surface area contributed by atoms with Crippen LogP contribution in [0.25, 0.3) is 0 Å². The Morgan fingerprint density at radius 1 is 1.04 bits per heavy atom. The molecule has 0 bridgehead atoms. The number of benzene rings is 2. The first-order valence-corrected chi connectivity index (χ1v) is 8.64. The van der Waals surface area contributed by atoms with Gasteiger partial charge in [0.25, 0.3) is 0 Å². The van der Waals surface area contributed by atoms with Gasteiger partial charge < -0.3 is 18.9 Å². The van der Waals surface area contributed by atoms with Crippen molar-refractivity contribution in [2.75, 3.05) is 13.9 Å². The number of methoxy groups -OCH3 is 1. The number of carbonyl (C=O) groups is 1. The van der Waals surface area contributed by atoms with E-state index in [2.05, 4.69) is 0 Å². The molecule has 0 N–H and O–H groups in total. The summed E-state index contributed by atoms with van der Waals surface area (Å²) < 4.78 is 21.4. The molecule has 2 aromatic carbocycles. The number of hydrogen-bond donors (Lipinski definition) is 0. The Labute approximate surface area is 152 Å². The van der Waals surface area contributed by atoms with Crippen molar-refractivity contribution in [1.82, 2.24) is 0 Å². The van der Waals surface area contributed by atoms with Gasteiger partial charge in [-0.25, -0.2) is 4.79 Å². The van der Waals surface area contributed by atoms with Crippen molar-refractivity contribution in [1.29, 1.82) is 0 Å². The number of cyclic esters (lactones) is 1. The zero-order chi connectivity index (χ0) is 17.9. The molecule has 2 aromatic rings. The van der Waals surface area contributed by atoms with E-state index in [1.165, 1.54) is 0 Å². The van der Waals surface area contributed by atoms with E-state index in [4.69, 9.17) is 18.9 Å². The molecule has 2 heterocycles. The molecule has 0 spiro atoms. The van der Waals surface area contributed by atoms with E-state index in [-0.39, 0.29) is 18.9 Å². The minimum Gasteiger partial charge on any atom is -0.497 e. The molecule has 5 heteroatoms. The molecule has 134 valence electrons. The summed E-state index contributed by atoms with van der Waals surface area (Å²) in [5.74, 6) is 2.08. The maximum atomic E-state index is 12.0. The fraction of sp³-hybridized carbons (Fsp3) is 0.286. The molecule has 5 nitrogen and oxygen atoms in total. The summed E-state index contributed by atoms with van der Waals surface area (Å²) in [7, 11) is 1.63. The van der Waals surface area contributed by atoms with Gasteiger partial charge in [0.1, 0.15) is 11.9 Å². The van der Waals surface area contributed by atoms with E-state index in [1.807, 2.05) is 42.5 Å². The number of rotatable bonds is 5. The van der Waals surface area contributed by atoms with E-state index in [0.29, 0.717) is 6.42 Å². The third kappa shape index (κ3) is 3.52. The minimum absolute atomic E-state index is 0.245. The van der Waals surface area contributed by atoms with Crippen LogP contribution in [0.15, 0.2) is 54.1 Å². The molecule has 1 atom stereocenters. The van der Waals surface area contributed by atoms with Crippen LogP contribution in [0.3, 0.4) is 0 Å². The molecule has 26 heavy (non-hydrogen) atoms. The van der Waals surface area contributed by atoms with Gasteiger partial charge >= 0.3 is 5.97 Å². The lowest BCUT2D eigenvalue weighted by Crippen LogP contribution is -2.16. The van der Waals surface area contributed by atoms with Crippen molar-refractivity contribution in [2.45, 2.75) is 25.4 Å². The highest BCUT2D eigenvalue weighted by molar-refractivity contribution is 5.84. The Hall–Kier alpha value is -2.95. The summed E-state index contributed by atoms with van der Waals surface area (Å²) in [6.07, 6.45) is 3.73. The van der Waals surface area contributed by atoms with E-state index >= 15 is 0 Å². The van der Waals surface area contributed by atoms with Gasteiger partial charge in [0.15, 0.2) is 11.5 Å². The Morgan fingerprint density at radius 3 is 2.65 bits per heavy atom. The van der Waals surface area contributed by atoms with E-state index in [0.717, 1.165) is 46.8 Å². The third-order valence-corrected chi connectivity index (χ3v) is 4.69. The van der Waals surface area contributed by atoms with E-state index in [9.17, 15) is 4.79 Å². The largest absolute Gasteiger partial charge is 0.497 e. The van der Waals surface area contributed by atoms with Gasteiger partial charge in [-0.3, -0.25) is 0 Å². The summed E-state index contributed by atoms with van der Waals surface area (Å²) >= 11 is 0. The van der Waals surface area contributed by atoms with Crippen molar-refractivity contribution in [3.8, 4) is 17.2 Å². The SMILES string of the molecule is COc1ccc([C@@H]2CC(CCc3ccc4c(c3)OCO4)=CC(=O)O2)cc1. The van der Waals surface area contributed by atoms with Gasteiger partial charge in [-0.1, -0.05) is 23.8 Å². The lowest BCUT2D eigenvalue weighted by atomic mass is 9.94. The first-order chi connectivity index (χ1) is 12.7. The summed E-state index contributed by atoms with van der Waals surface area (Å²) in [5, 5.41) is 0. The first-order valence-electron chi connectivity index (χ1n) is 8.64. The van der Waals surface area contributed by atoms with Crippen LogP contribution in [0, 0.1) is 0 Å². The van der Waals surface area contributed by atoms with Gasteiger partial charge in [0, 0.05) is 12.5 Å². The van der Waals surface area contributed by atoms with Gasteiger partial charge in [0.2, 0.25) is 6.79 Å². The molecular weight excluding hydrogens is 332 g/mol. The van der Waals surface area contributed by atoms with E-state index in [1.54, 1.807) is 13.2 Å². The summed E-state index contributed by atoms with van der Waals surface area (Å²) in [6, 6.07) is 13.6. The van der Waals surface area contributed by atoms with Crippen LogP contribution in [0.2, 0.25) is 0 Å². The fourth-order valence-electron chi connectivity index (χ4n) is 3.26. The van der Waals surface area contributed by atoms with E-state index < -0.39 is 0 Å². The predicted octanol–water partition coefficient (Wildman–Crippen LogP) is 3.97. The molecule has 2 aliphatic heterocycles. The fourth-order valence-corrected chi connectivity index (χ4v) is 3.26. The van der Waals surface area contributed by atoms with Crippen molar-refractivity contribution < 1.29 is 23.7 Å². The number of fused-ring (bicyclic) bond motifs is 1. The standard InChI is InChI=1S/C21H20O5/c1-23-17-7-5-16(6-8-17)19-11-15(12-21(22)26-19)3-2-14-4-9-18-20(10-14)25-13-24-18/h4-10,12,19H,2-3,11,13H2,1H3/t19-/m0/s1. The monoisotopic (exact) mass is 352 g/mol. The molecule has 0 unspecified atom stereocenters.